The molecular weight excluding hydrogens is 310 g/mol. The molecule has 0 fully saturated rings. The predicted octanol–water partition coefficient (Wildman–Crippen LogP) is 2.18. The highest BCUT2D eigenvalue weighted by molar-refractivity contribution is 7.98. The average Bonchev–Trinajstić information content (AvgIpc) is 2.48. The predicted molar refractivity (Wildman–Crippen MR) is 96.7 cm³/mol. The van der Waals surface area contributed by atoms with Crippen molar-refractivity contribution in [1.82, 2.24) is 10.6 Å². The number of thioether (sulfide) groups is 1. The van der Waals surface area contributed by atoms with Gasteiger partial charge in [-0.15, -0.1) is 0 Å². The fourth-order valence-corrected chi connectivity index (χ4v) is 2.75. The number of carbonyl (C=O) groups is 2. The fraction of sp³-hybridized carbons (Fsp3) is 0.529. The first kappa shape index (κ1) is 19.4. The largest absolute Gasteiger partial charge is 0.353 e. The number of benzene rings is 1. The van der Waals surface area contributed by atoms with Crippen LogP contribution in [-0.2, 0) is 10.2 Å². The molecule has 0 heterocycles. The maximum absolute atomic E-state index is 12.3. The van der Waals surface area contributed by atoms with E-state index in [1.165, 1.54) is 11.1 Å². The number of nitrogens with one attached hydrogen (secondary N) is 2. The molecule has 0 saturated carbocycles. The van der Waals surface area contributed by atoms with Crippen molar-refractivity contribution in [3.63, 3.8) is 0 Å². The van der Waals surface area contributed by atoms with E-state index in [4.69, 9.17) is 5.73 Å². The lowest BCUT2D eigenvalue weighted by Crippen LogP contribution is -2.50. The average molecular weight is 337 g/mol. The zero-order valence-electron chi connectivity index (χ0n) is 14.3. The molecule has 1 unspecified atom stereocenters. The third-order valence-corrected chi connectivity index (χ3v) is 4.39. The number of primary amides is 1. The first-order valence-electron chi connectivity index (χ1n) is 7.66. The summed E-state index contributed by atoms with van der Waals surface area (Å²) in [6.45, 7) is 6.71. The van der Waals surface area contributed by atoms with Crippen LogP contribution in [0.15, 0.2) is 24.3 Å². The second kappa shape index (κ2) is 8.82. The van der Waals surface area contributed by atoms with Crippen LogP contribution in [0, 0.1) is 6.92 Å². The summed E-state index contributed by atoms with van der Waals surface area (Å²) in [5.41, 5.74) is 7.32. The third-order valence-electron chi connectivity index (χ3n) is 3.75. The molecule has 6 heteroatoms. The van der Waals surface area contributed by atoms with Gasteiger partial charge in [-0.25, -0.2) is 4.79 Å². The van der Waals surface area contributed by atoms with Crippen molar-refractivity contribution in [2.45, 2.75) is 38.6 Å². The molecule has 1 atom stereocenters. The highest BCUT2D eigenvalue weighted by Crippen LogP contribution is 2.23. The molecule has 0 aliphatic heterocycles. The Morgan fingerprint density at radius 3 is 2.61 bits per heavy atom. The van der Waals surface area contributed by atoms with Crippen molar-refractivity contribution in [2.24, 2.45) is 5.73 Å². The Balaban J connectivity index is 2.69. The minimum atomic E-state index is -0.677. The lowest BCUT2D eigenvalue weighted by atomic mass is 9.84. The van der Waals surface area contributed by atoms with Gasteiger partial charge in [0.2, 0.25) is 5.91 Å². The van der Waals surface area contributed by atoms with Crippen LogP contribution in [0.1, 0.15) is 31.4 Å². The molecule has 0 bridgehead atoms. The Morgan fingerprint density at radius 1 is 1.35 bits per heavy atom. The summed E-state index contributed by atoms with van der Waals surface area (Å²) in [7, 11) is 0. The molecule has 23 heavy (non-hydrogen) atoms. The van der Waals surface area contributed by atoms with Crippen molar-refractivity contribution in [1.29, 1.82) is 0 Å². The summed E-state index contributed by atoms with van der Waals surface area (Å²) in [6.07, 6.45) is 2.51. The lowest BCUT2D eigenvalue weighted by molar-refractivity contribution is -0.123. The van der Waals surface area contributed by atoms with Gasteiger partial charge in [0.25, 0.3) is 0 Å². The highest BCUT2D eigenvalue weighted by atomic mass is 32.2. The Hall–Kier alpha value is -1.69. The van der Waals surface area contributed by atoms with Gasteiger partial charge in [0.1, 0.15) is 6.04 Å². The first-order valence-corrected chi connectivity index (χ1v) is 9.05. The zero-order chi connectivity index (χ0) is 17.5. The van der Waals surface area contributed by atoms with E-state index >= 15 is 0 Å². The molecule has 0 aromatic heterocycles. The van der Waals surface area contributed by atoms with E-state index in [2.05, 4.69) is 36.6 Å². The van der Waals surface area contributed by atoms with Crippen LogP contribution in [0.4, 0.5) is 4.79 Å². The molecule has 0 aliphatic carbocycles. The monoisotopic (exact) mass is 337 g/mol. The number of hydrogen-bond acceptors (Lipinski definition) is 3. The molecule has 128 valence electrons. The second-order valence-corrected chi connectivity index (χ2v) is 7.30. The van der Waals surface area contributed by atoms with E-state index in [9.17, 15) is 9.59 Å². The topological polar surface area (TPSA) is 84.2 Å². The van der Waals surface area contributed by atoms with Crippen molar-refractivity contribution >= 4 is 23.7 Å². The van der Waals surface area contributed by atoms with Crippen molar-refractivity contribution in [3.8, 4) is 0 Å². The molecule has 1 rings (SSSR count). The fourth-order valence-electron chi connectivity index (χ4n) is 2.28. The van der Waals surface area contributed by atoms with Crippen LogP contribution >= 0.6 is 11.8 Å². The normalized spacial score (nSPS) is 12.5. The van der Waals surface area contributed by atoms with E-state index in [1.807, 2.05) is 25.3 Å². The number of amides is 3. The van der Waals surface area contributed by atoms with Crippen LogP contribution in [0.5, 0.6) is 0 Å². The third kappa shape index (κ3) is 6.52. The van der Waals surface area contributed by atoms with Gasteiger partial charge in [-0.1, -0.05) is 43.7 Å². The molecule has 1 aromatic carbocycles. The minimum Gasteiger partial charge on any atom is -0.353 e. The van der Waals surface area contributed by atoms with Gasteiger partial charge in [0, 0.05) is 12.0 Å². The Labute approximate surface area is 142 Å². The number of nitrogens with two attached hydrogens (primary N) is 1. The number of carbonyl (C=O) groups excluding carboxylic acids is 2. The summed E-state index contributed by atoms with van der Waals surface area (Å²) in [5.74, 6) is 0.582. The molecule has 3 amide bonds. The quantitative estimate of drug-likeness (QED) is 0.680. The number of urea groups is 1. The summed E-state index contributed by atoms with van der Waals surface area (Å²) in [4.78, 5) is 23.4. The van der Waals surface area contributed by atoms with Crippen LogP contribution < -0.4 is 16.4 Å². The molecule has 0 spiro atoms. The van der Waals surface area contributed by atoms with Gasteiger partial charge in [-0.2, -0.15) is 11.8 Å². The molecule has 1 aromatic rings. The van der Waals surface area contributed by atoms with E-state index in [-0.39, 0.29) is 11.3 Å². The first-order chi connectivity index (χ1) is 10.8. The van der Waals surface area contributed by atoms with E-state index in [0.29, 0.717) is 13.0 Å². The highest BCUT2D eigenvalue weighted by Gasteiger charge is 2.25. The molecule has 4 N–H and O–H groups in total. The smallest absolute Gasteiger partial charge is 0.312 e. The standard InChI is InChI=1S/C17H27N3O2S/c1-12-6-5-7-13(10-12)17(2,3)11-19-15(21)14(8-9-23-4)20-16(18)22/h5-7,10,14H,8-9,11H2,1-4H3,(H,19,21)(H3,18,20,22). The van der Waals surface area contributed by atoms with E-state index in [0.717, 1.165) is 5.75 Å². The van der Waals surface area contributed by atoms with Gasteiger partial charge >= 0.3 is 6.03 Å². The maximum Gasteiger partial charge on any atom is 0.312 e. The number of hydrogen-bond donors (Lipinski definition) is 3. The van der Waals surface area contributed by atoms with Gasteiger partial charge in [-0.3, -0.25) is 4.79 Å². The summed E-state index contributed by atoms with van der Waals surface area (Å²) in [5, 5.41) is 5.45. The van der Waals surface area contributed by atoms with Gasteiger partial charge in [0.15, 0.2) is 0 Å². The molecular formula is C17H27N3O2S. The van der Waals surface area contributed by atoms with Crippen molar-refractivity contribution in [2.75, 3.05) is 18.6 Å². The molecule has 5 nitrogen and oxygen atoms in total. The maximum atomic E-state index is 12.3. The van der Waals surface area contributed by atoms with Crippen molar-refractivity contribution in [3.05, 3.63) is 35.4 Å². The van der Waals surface area contributed by atoms with Crippen LogP contribution in [0.25, 0.3) is 0 Å². The van der Waals surface area contributed by atoms with Crippen molar-refractivity contribution < 1.29 is 9.59 Å². The Morgan fingerprint density at radius 2 is 2.04 bits per heavy atom. The molecule has 0 radical (unpaired) electrons. The van der Waals surface area contributed by atoms with E-state index < -0.39 is 12.1 Å². The molecule has 0 aliphatic rings. The number of aryl methyl sites for hydroxylation is 1. The minimum absolute atomic E-state index is 0.196. The Kier molecular flexibility index (Phi) is 7.42. The number of rotatable bonds is 8. The van der Waals surface area contributed by atoms with Gasteiger partial charge in [-0.05, 0) is 30.9 Å². The van der Waals surface area contributed by atoms with Crippen LogP contribution in [0.2, 0.25) is 0 Å². The van der Waals surface area contributed by atoms with Gasteiger partial charge in [0.05, 0.1) is 0 Å². The Bertz CT molecular complexity index is 546. The summed E-state index contributed by atoms with van der Waals surface area (Å²) < 4.78 is 0. The van der Waals surface area contributed by atoms with Crippen LogP contribution in [0.3, 0.4) is 0 Å². The van der Waals surface area contributed by atoms with Gasteiger partial charge < -0.3 is 16.4 Å². The second-order valence-electron chi connectivity index (χ2n) is 6.31. The summed E-state index contributed by atoms with van der Waals surface area (Å²) in [6, 6.07) is 6.99. The SMILES string of the molecule is CSCCC(NC(N)=O)C(=O)NCC(C)(C)c1cccc(C)c1. The zero-order valence-corrected chi connectivity index (χ0v) is 15.1. The molecule has 0 saturated heterocycles. The lowest BCUT2D eigenvalue weighted by Gasteiger charge is -2.27. The van der Waals surface area contributed by atoms with E-state index in [1.54, 1.807) is 11.8 Å². The summed E-state index contributed by atoms with van der Waals surface area (Å²) >= 11 is 1.62. The van der Waals surface area contributed by atoms with Crippen LogP contribution in [-0.4, -0.2) is 36.5 Å².